The van der Waals surface area contributed by atoms with Crippen molar-refractivity contribution in [3.8, 4) is 11.1 Å². The Kier molecular flexibility index (Phi) is 3.05. The van der Waals surface area contributed by atoms with E-state index in [9.17, 15) is 0 Å². The maximum atomic E-state index is 5.40. The number of fused-ring (bicyclic) bond motifs is 1. The van der Waals surface area contributed by atoms with E-state index in [4.69, 9.17) is 9.72 Å². The molecule has 0 saturated carbocycles. The molecule has 0 unspecified atom stereocenters. The molecule has 4 rings (SSSR count). The van der Waals surface area contributed by atoms with Gasteiger partial charge in [0.25, 0.3) is 0 Å². The second-order valence-electron chi connectivity index (χ2n) is 5.15. The van der Waals surface area contributed by atoms with Gasteiger partial charge in [0.1, 0.15) is 6.20 Å². The molecule has 1 aliphatic heterocycles. The first kappa shape index (κ1) is 12.3. The summed E-state index contributed by atoms with van der Waals surface area (Å²) in [5.74, 6) is 0.975. The number of ether oxygens (including phenoxy) is 1. The van der Waals surface area contributed by atoms with Crippen LogP contribution in [0.2, 0.25) is 0 Å². The minimum absolute atomic E-state index is 0.762. The van der Waals surface area contributed by atoms with Crippen LogP contribution in [0, 0.1) is 0 Å². The molecule has 5 heteroatoms. The summed E-state index contributed by atoms with van der Waals surface area (Å²) in [6, 6.07) is 10.3. The summed E-state index contributed by atoms with van der Waals surface area (Å²) in [6.45, 7) is 3.30. The maximum absolute atomic E-state index is 5.40. The molecule has 0 spiro atoms. The van der Waals surface area contributed by atoms with E-state index in [2.05, 4.69) is 27.0 Å². The highest BCUT2D eigenvalue weighted by molar-refractivity contribution is 5.89. The monoisotopic (exact) mass is 281 g/mol. The molecule has 2 aromatic heterocycles. The Labute approximate surface area is 122 Å². The Hall–Kier alpha value is -2.40. The molecule has 0 aliphatic carbocycles. The van der Waals surface area contributed by atoms with Crippen LogP contribution in [-0.2, 0) is 4.74 Å². The highest BCUT2D eigenvalue weighted by atomic mass is 16.5. The smallest absolute Gasteiger partial charge is 0.304 e. The topological polar surface area (TPSA) is 55.3 Å². The zero-order chi connectivity index (χ0) is 14.1. The molecule has 0 bridgehead atoms. The standard InChI is InChI=1S/C16H16N4O/c1-2-4-12(5-3-1)13-10-17-16-15(13)19-14(11-18-16)20-6-8-21-9-7-20/h1-5,10-11H,6-9H2,(H,17,18)/p+1. The average Bonchev–Trinajstić information content (AvgIpc) is 2.99. The van der Waals surface area contributed by atoms with E-state index in [1.54, 1.807) is 0 Å². The quantitative estimate of drug-likeness (QED) is 0.780. The SMILES string of the molecule is c1ccc(-c2c[nH]c3[nH+]cc(N4CCOCC4)nc23)cc1. The molecule has 1 fully saturated rings. The number of hydrogen-bond acceptors (Lipinski definition) is 3. The van der Waals surface area contributed by atoms with Crippen LogP contribution >= 0.6 is 0 Å². The molecule has 5 nitrogen and oxygen atoms in total. The van der Waals surface area contributed by atoms with Crippen LogP contribution in [0.25, 0.3) is 22.3 Å². The number of benzene rings is 1. The Bertz CT molecular complexity index is 747. The van der Waals surface area contributed by atoms with Crippen molar-refractivity contribution >= 4 is 17.0 Å². The summed E-state index contributed by atoms with van der Waals surface area (Å²) in [6.07, 6.45) is 3.96. The van der Waals surface area contributed by atoms with Gasteiger partial charge in [0.15, 0.2) is 11.3 Å². The molecule has 106 valence electrons. The van der Waals surface area contributed by atoms with Crippen LogP contribution in [0.3, 0.4) is 0 Å². The van der Waals surface area contributed by atoms with Crippen molar-refractivity contribution in [3.63, 3.8) is 0 Å². The minimum atomic E-state index is 0.762. The molecule has 21 heavy (non-hydrogen) atoms. The van der Waals surface area contributed by atoms with Crippen LogP contribution in [-0.4, -0.2) is 36.3 Å². The lowest BCUT2D eigenvalue weighted by molar-refractivity contribution is -0.347. The summed E-state index contributed by atoms with van der Waals surface area (Å²) < 4.78 is 5.40. The molecule has 3 heterocycles. The highest BCUT2D eigenvalue weighted by Crippen LogP contribution is 2.26. The van der Waals surface area contributed by atoms with E-state index in [0.717, 1.165) is 48.8 Å². The summed E-state index contributed by atoms with van der Waals surface area (Å²) >= 11 is 0. The largest absolute Gasteiger partial charge is 0.378 e. The predicted molar refractivity (Wildman–Crippen MR) is 81.1 cm³/mol. The molecule has 1 saturated heterocycles. The van der Waals surface area contributed by atoms with Crippen LogP contribution in [0.15, 0.2) is 42.7 Å². The van der Waals surface area contributed by atoms with Gasteiger partial charge in [-0.3, -0.25) is 0 Å². The van der Waals surface area contributed by atoms with Gasteiger partial charge in [0.2, 0.25) is 0 Å². The maximum Gasteiger partial charge on any atom is 0.304 e. The number of morpholine rings is 1. The number of nitrogens with one attached hydrogen (secondary N) is 2. The van der Waals surface area contributed by atoms with Crippen LogP contribution < -0.4 is 9.88 Å². The Morgan fingerprint density at radius 2 is 1.95 bits per heavy atom. The number of rotatable bonds is 2. The van der Waals surface area contributed by atoms with E-state index in [1.807, 2.05) is 30.6 Å². The third-order valence-electron chi connectivity index (χ3n) is 3.84. The van der Waals surface area contributed by atoms with Crippen LogP contribution in [0.4, 0.5) is 5.82 Å². The summed E-state index contributed by atoms with van der Waals surface area (Å²) in [5, 5.41) is 0. The number of hydrogen-bond donors (Lipinski definition) is 1. The van der Waals surface area contributed by atoms with Gasteiger partial charge in [-0.25, -0.2) is 15.0 Å². The molecule has 3 aromatic rings. The van der Waals surface area contributed by atoms with Crippen molar-refractivity contribution < 1.29 is 9.72 Å². The van der Waals surface area contributed by atoms with Crippen molar-refractivity contribution in [2.75, 3.05) is 31.2 Å². The van der Waals surface area contributed by atoms with E-state index in [1.165, 1.54) is 5.56 Å². The number of aromatic nitrogens is 3. The molecule has 2 N–H and O–H groups in total. The fraction of sp³-hybridized carbons (Fsp3) is 0.250. The third-order valence-corrected chi connectivity index (χ3v) is 3.84. The van der Waals surface area contributed by atoms with Gasteiger partial charge in [0.05, 0.1) is 25.0 Å². The first-order chi connectivity index (χ1) is 10.4. The molecule has 0 amide bonds. The first-order valence-corrected chi connectivity index (χ1v) is 7.20. The van der Waals surface area contributed by atoms with Crippen LogP contribution in [0.5, 0.6) is 0 Å². The summed E-state index contributed by atoms with van der Waals surface area (Å²) in [5.41, 5.74) is 4.22. The molecule has 0 radical (unpaired) electrons. The number of nitrogens with zero attached hydrogens (tertiary/aromatic N) is 2. The van der Waals surface area contributed by atoms with Crippen molar-refractivity contribution in [2.45, 2.75) is 0 Å². The molecular formula is C16H17N4O+. The van der Waals surface area contributed by atoms with E-state index in [-0.39, 0.29) is 0 Å². The Morgan fingerprint density at radius 1 is 1.14 bits per heavy atom. The van der Waals surface area contributed by atoms with E-state index in [0.29, 0.717) is 0 Å². The Morgan fingerprint density at radius 3 is 2.76 bits per heavy atom. The fourth-order valence-corrected chi connectivity index (χ4v) is 2.72. The second-order valence-corrected chi connectivity index (χ2v) is 5.15. The summed E-state index contributed by atoms with van der Waals surface area (Å²) in [7, 11) is 0. The van der Waals surface area contributed by atoms with Gasteiger partial charge in [-0.1, -0.05) is 30.3 Å². The lowest BCUT2D eigenvalue weighted by Gasteiger charge is -2.26. The van der Waals surface area contributed by atoms with Crippen molar-refractivity contribution in [1.82, 2.24) is 9.97 Å². The number of aromatic amines is 2. The molecule has 1 aromatic carbocycles. The third kappa shape index (κ3) is 2.25. The van der Waals surface area contributed by atoms with Gasteiger partial charge >= 0.3 is 5.65 Å². The van der Waals surface area contributed by atoms with Crippen LogP contribution in [0.1, 0.15) is 0 Å². The zero-order valence-electron chi connectivity index (χ0n) is 11.7. The second kappa shape index (κ2) is 5.18. The number of H-pyrrole nitrogens is 2. The first-order valence-electron chi connectivity index (χ1n) is 7.20. The van der Waals surface area contributed by atoms with E-state index >= 15 is 0 Å². The average molecular weight is 281 g/mol. The predicted octanol–water partition coefficient (Wildman–Crippen LogP) is 1.88. The van der Waals surface area contributed by atoms with E-state index < -0.39 is 0 Å². The fourth-order valence-electron chi connectivity index (χ4n) is 2.72. The van der Waals surface area contributed by atoms with Gasteiger partial charge in [-0.2, -0.15) is 0 Å². The van der Waals surface area contributed by atoms with Gasteiger partial charge in [0, 0.05) is 13.1 Å². The van der Waals surface area contributed by atoms with Gasteiger partial charge in [-0.15, -0.1) is 0 Å². The van der Waals surface area contributed by atoms with Crippen molar-refractivity contribution in [1.29, 1.82) is 0 Å². The highest BCUT2D eigenvalue weighted by Gasteiger charge is 2.18. The lowest BCUT2D eigenvalue weighted by Crippen LogP contribution is -2.37. The summed E-state index contributed by atoms with van der Waals surface area (Å²) in [4.78, 5) is 13.7. The zero-order valence-corrected chi connectivity index (χ0v) is 11.7. The van der Waals surface area contributed by atoms with Crippen molar-refractivity contribution in [3.05, 3.63) is 42.7 Å². The molecule has 1 aliphatic rings. The lowest BCUT2D eigenvalue weighted by atomic mass is 10.1. The minimum Gasteiger partial charge on any atom is -0.378 e. The van der Waals surface area contributed by atoms with Gasteiger partial charge < -0.3 is 9.64 Å². The molecular weight excluding hydrogens is 264 g/mol. The normalized spacial score (nSPS) is 15.5. The van der Waals surface area contributed by atoms with Gasteiger partial charge in [-0.05, 0) is 5.56 Å². The molecule has 0 atom stereocenters. The van der Waals surface area contributed by atoms with Crippen molar-refractivity contribution in [2.24, 2.45) is 0 Å². The number of anilines is 1. The Balaban J connectivity index is 1.79.